The molecule has 4 rings (SSSR count). The van der Waals surface area contributed by atoms with E-state index in [4.69, 9.17) is 16.3 Å². The van der Waals surface area contributed by atoms with Crippen molar-refractivity contribution in [2.24, 2.45) is 0 Å². The molecule has 8 nitrogen and oxygen atoms in total. The number of rotatable bonds is 4. The van der Waals surface area contributed by atoms with Crippen LogP contribution in [0.4, 0.5) is 10.5 Å². The number of carbonyl (C=O) groups excluding carboxylic acids is 4. The maximum atomic E-state index is 13.6. The number of carbonyl (C=O) groups is 4. The number of imide groups is 1. The molecular weight excluding hydrogens is 434 g/mol. The van der Waals surface area contributed by atoms with Gasteiger partial charge in [0, 0.05) is 10.6 Å². The van der Waals surface area contributed by atoms with E-state index in [1.165, 1.54) is 6.07 Å². The van der Waals surface area contributed by atoms with Gasteiger partial charge < -0.3 is 10.1 Å². The normalized spacial score (nSPS) is 20.1. The molecule has 0 bridgehead atoms. The first-order valence-electron chi connectivity index (χ1n) is 10.0. The highest BCUT2D eigenvalue weighted by Gasteiger charge is 2.64. The minimum atomic E-state index is -1.98. The molecule has 2 heterocycles. The monoisotopic (exact) mass is 455 g/mol. The Morgan fingerprint density at radius 1 is 1.03 bits per heavy atom. The molecule has 32 heavy (non-hydrogen) atoms. The number of halogens is 1. The van der Waals surface area contributed by atoms with Gasteiger partial charge in [-0.2, -0.15) is 0 Å². The first-order valence-corrected chi connectivity index (χ1v) is 10.4. The first kappa shape index (κ1) is 21.8. The fraction of sp³-hybridized carbons (Fsp3) is 0.304. The summed E-state index contributed by atoms with van der Waals surface area (Å²) < 4.78 is 5.34. The quantitative estimate of drug-likeness (QED) is 0.434. The zero-order valence-corrected chi connectivity index (χ0v) is 18.6. The van der Waals surface area contributed by atoms with Gasteiger partial charge in [0.1, 0.15) is 12.1 Å². The molecule has 0 saturated carbocycles. The largest absolute Gasteiger partial charge is 0.459 e. The van der Waals surface area contributed by atoms with E-state index in [0.717, 1.165) is 15.4 Å². The third-order valence-corrected chi connectivity index (χ3v) is 5.45. The number of urea groups is 1. The van der Waals surface area contributed by atoms with Crippen molar-refractivity contribution in [2.75, 3.05) is 11.4 Å². The molecule has 1 saturated heterocycles. The van der Waals surface area contributed by atoms with Crippen molar-refractivity contribution < 1.29 is 23.9 Å². The molecule has 1 N–H and O–H groups in total. The van der Waals surface area contributed by atoms with Gasteiger partial charge in [-0.1, -0.05) is 41.9 Å². The highest BCUT2D eigenvalue weighted by Crippen LogP contribution is 2.45. The summed E-state index contributed by atoms with van der Waals surface area (Å²) in [6.07, 6.45) is 0. The zero-order chi connectivity index (χ0) is 23.3. The number of benzene rings is 2. The summed E-state index contributed by atoms with van der Waals surface area (Å²) in [6.45, 7) is 4.74. The molecule has 0 aromatic heterocycles. The number of ether oxygens (including phenoxy) is 1. The summed E-state index contributed by atoms with van der Waals surface area (Å²) >= 11 is 6.16. The van der Waals surface area contributed by atoms with Crippen LogP contribution < -0.4 is 10.2 Å². The maximum absolute atomic E-state index is 13.6. The van der Waals surface area contributed by atoms with Crippen LogP contribution >= 0.6 is 11.6 Å². The number of hydrogen-bond donors (Lipinski definition) is 1. The van der Waals surface area contributed by atoms with E-state index < -0.39 is 41.5 Å². The van der Waals surface area contributed by atoms with Gasteiger partial charge in [0.2, 0.25) is 5.54 Å². The number of esters is 1. The second-order valence-corrected chi connectivity index (χ2v) is 9.13. The van der Waals surface area contributed by atoms with Gasteiger partial charge in [-0.05, 0) is 44.5 Å². The van der Waals surface area contributed by atoms with E-state index in [1.807, 2.05) is 6.07 Å². The number of fused-ring (bicyclic) bond motifs is 2. The Balaban J connectivity index is 1.72. The Kier molecular flexibility index (Phi) is 5.21. The molecule has 2 aliphatic rings. The molecule has 0 radical (unpaired) electrons. The zero-order valence-electron chi connectivity index (χ0n) is 17.8. The fourth-order valence-corrected chi connectivity index (χ4v) is 4.12. The molecular formula is C23H22ClN3O5. The van der Waals surface area contributed by atoms with Gasteiger partial charge in [0.15, 0.2) is 0 Å². The predicted molar refractivity (Wildman–Crippen MR) is 117 cm³/mol. The lowest BCUT2D eigenvalue weighted by Crippen LogP contribution is -2.53. The van der Waals surface area contributed by atoms with Crippen LogP contribution in [0, 0.1) is 0 Å². The van der Waals surface area contributed by atoms with Crippen LogP contribution in [-0.2, 0) is 31.2 Å². The Labute approximate surface area is 190 Å². The molecule has 1 unspecified atom stereocenters. The lowest BCUT2D eigenvalue weighted by atomic mass is 9.91. The van der Waals surface area contributed by atoms with Crippen molar-refractivity contribution in [1.29, 1.82) is 0 Å². The Morgan fingerprint density at radius 2 is 1.69 bits per heavy atom. The van der Waals surface area contributed by atoms with Crippen molar-refractivity contribution in [2.45, 2.75) is 38.5 Å². The van der Waals surface area contributed by atoms with Crippen molar-refractivity contribution in [3.63, 3.8) is 0 Å². The van der Waals surface area contributed by atoms with E-state index in [0.29, 0.717) is 10.7 Å². The van der Waals surface area contributed by atoms with E-state index in [1.54, 1.807) is 57.2 Å². The molecule has 1 atom stereocenters. The molecule has 2 aromatic carbocycles. The Bertz CT molecular complexity index is 1130. The van der Waals surface area contributed by atoms with Gasteiger partial charge in [0.25, 0.3) is 11.8 Å². The highest BCUT2D eigenvalue weighted by atomic mass is 35.5. The summed E-state index contributed by atoms with van der Waals surface area (Å²) in [4.78, 5) is 54.5. The van der Waals surface area contributed by atoms with Crippen LogP contribution in [0.3, 0.4) is 0 Å². The van der Waals surface area contributed by atoms with E-state index in [2.05, 4.69) is 5.32 Å². The fourth-order valence-electron chi connectivity index (χ4n) is 3.94. The van der Waals surface area contributed by atoms with Gasteiger partial charge in [-0.25, -0.2) is 4.79 Å². The SMILES string of the molecule is CC(C)(C)OC(=O)CN1C(=O)C2(NC(=O)N(Cc3ccccc3)C2=O)c2cc(Cl)ccc21. The van der Waals surface area contributed by atoms with Gasteiger partial charge in [-0.3, -0.25) is 24.2 Å². The van der Waals surface area contributed by atoms with E-state index >= 15 is 0 Å². The van der Waals surface area contributed by atoms with E-state index in [-0.39, 0.29) is 12.1 Å². The lowest BCUT2D eigenvalue weighted by molar-refractivity contribution is -0.154. The van der Waals surface area contributed by atoms with Gasteiger partial charge in [0.05, 0.1) is 12.2 Å². The molecule has 9 heteroatoms. The van der Waals surface area contributed by atoms with Crippen LogP contribution in [0.25, 0.3) is 0 Å². The summed E-state index contributed by atoms with van der Waals surface area (Å²) in [5, 5.41) is 2.86. The smallest absolute Gasteiger partial charge is 0.326 e. The number of nitrogens with zero attached hydrogens (tertiary/aromatic N) is 2. The maximum Gasteiger partial charge on any atom is 0.326 e. The van der Waals surface area contributed by atoms with Crippen molar-refractivity contribution in [3.05, 3.63) is 64.7 Å². The Hall–Kier alpha value is -3.39. The topological polar surface area (TPSA) is 96.0 Å². The van der Waals surface area contributed by atoms with Crippen LogP contribution in [0.5, 0.6) is 0 Å². The van der Waals surface area contributed by atoms with Crippen LogP contribution in [0.15, 0.2) is 48.5 Å². The minimum Gasteiger partial charge on any atom is -0.459 e. The van der Waals surface area contributed by atoms with Crippen molar-refractivity contribution >= 4 is 41.1 Å². The summed E-state index contributed by atoms with van der Waals surface area (Å²) in [5.41, 5.74) is -1.44. The number of hydrogen-bond acceptors (Lipinski definition) is 5. The molecule has 166 valence electrons. The van der Waals surface area contributed by atoms with Crippen molar-refractivity contribution in [1.82, 2.24) is 10.2 Å². The van der Waals surface area contributed by atoms with Crippen molar-refractivity contribution in [3.8, 4) is 0 Å². The van der Waals surface area contributed by atoms with Gasteiger partial charge in [-0.15, -0.1) is 0 Å². The minimum absolute atomic E-state index is 0.00248. The number of anilines is 1. The molecule has 2 aromatic rings. The third kappa shape index (κ3) is 3.60. The second kappa shape index (κ2) is 7.63. The highest BCUT2D eigenvalue weighted by molar-refractivity contribution is 6.32. The van der Waals surface area contributed by atoms with E-state index in [9.17, 15) is 19.2 Å². The van der Waals surface area contributed by atoms with Gasteiger partial charge >= 0.3 is 12.0 Å². The standard InChI is InChI=1S/C23H22ClN3O5/c1-22(2,3)32-18(28)13-26-17-10-9-15(24)11-16(17)23(19(26)29)20(30)27(21(31)25-23)12-14-7-5-4-6-8-14/h4-11H,12-13H2,1-3H3,(H,25,31). The molecule has 1 spiro atoms. The average Bonchev–Trinajstić information content (AvgIpc) is 3.08. The van der Waals surface area contributed by atoms with Crippen LogP contribution in [0.1, 0.15) is 31.9 Å². The molecule has 2 aliphatic heterocycles. The first-order chi connectivity index (χ1) is 15.0. The number of nitrogens with one attached hydrogen (secondary N) is 1. The summed E-state index contributed by atoms with van der Waals surface area (Å²) in [7, 11) is 0. The Morgan fingerprint density at radius 3 is 2.34 bits per heavy atom. The predicted octanol–water partition coefficient (Wildman–Crippen LogP) is 2.98. The lowest BCUT2D eigenvalue weighted by Gasteiger charge is -2.24. The average molecular weight is 456 g/mol. The molecule has 4 amide bonds. The third-order valence-electron chi connectivity index (χ3n) is 5.22. The molecule has 0 aliphatic carbocycles. The summed E-state index contributed by atoms with van der Waals surface area (Å²) in [6, 6.07) is 12.8. The summed E-state index contributed by atoms with van der Waals surface area (Å²) in [5.74, 6) is -2.08. The molecule has 1 fully saturated rings. The van der Waals surface area contributed by atoms with Crippen LogP contribution in [0.2, 0.25) is 5.02 Å². The second-order valence-electron chi connectivity index (χ2n) is 8.70. The van der Waals surface area contributed by atoms with Crippen LogP contribution in [-0.4, -0.2) is 40.9 Å². The number of amides is 4.